The lowest BCUT2D eigenvalue weighted by Crippen LogP contribution is -2.45. The summed E-state index contributed by atoms with van der Waals surface area (Å²) >= 11 is 0. The van der Waals surface area contributed by atoms with Crippen LogP contribution in [-0.2, 0) is 6.54 Å². The molecule has 2 atom stereocenters. The van der Waals surface area contributed by atoms with Crippen molar-refractivity contribution in [2.24, 2.45) is 4.99 Å². The summed E-state index contributed by atoms with van der Waals surface area (Å²) in [5.74, 6) is 0.305. The van der Waals surface area contributed by atoms with Gasteiger partial charge in [0.05, 0.1) is 23.0 Å². The molecule has 0 saturated heterocycles. The summed E-state index contributed by atoms with van der Waals surface area (Å²) in [7, 11) is 0. The Labute approximate surface area is 184 Å². The number of hydrogen-bond donors (Lipinski definition) is 2. The Morgan fingerprint density at radius 2 is 2.06 bits per heavy atom. The van der Waals surface area contributed by atoms with Crippen LogP contribution >= 0.6 is 0 Å². The van der Waals surface area contributed by atoms with E-state index in [1.807, 2.05) is 24.5 Å². The molecule has 1 fully saturated rings. The summed E-state index contributed by atoms with van der Waals surface area (Å²) in [6.45, 7) is 10.6. The maximum absolute atomic E-state index is 9.74. The van der Waals surface area contributed by atoms with Crippen molar-refractivity contribution in [3.63, 3.8) is 0 Å². The summed E-state index contributed by atoms with van der Waals surface area (Å²) in [5, 5.41) is 13.4. The van der Waals surface area contributed by atoms with Crippen LogP contribution in [0.15, 0.2) is 53.8 Å². The fourth-order valence-corrected chi connectivity index (χ4v) is 4.17. The highest BCUT2D eigenvalue weighted by molar-refractivity contribution is 5.97. The molecule has 1 saturated carbocycles. The van der Waals surface area contributed by atoms with Gasteiger partial charge in [0.25, 0.3) is 0 Å². The standard InChI is InChI=1S/C25H33N5O/c1-4-29(5-2)13-14-30-17-26-24-10-9-20(16-25(24)30)28-23-12-11-22(23)27-18(3)19-7-6-8-21(31)15-19/h6-10,15-18,22,27,31H,4-5,11-14H2,1-3H3/t18-,22?/m1/s1. The van der Waals surface area contributed by atoms with Crippen LogP contribution in [0, 0.1) is 0 Å². The summed E-state index contributed by atoms with van der Waals surface area (Å²) in [5.41, 5.74) is 5.43. The third kappa shape index (κ3) is 4.97. The quantitative estimate of drug-likeness (QED) is 0.529. The van der Waals surface area contributed by atoms with Crippen molar-refractivity contribution in [1.82, 2.24) is 19.8 Å². The number of phenols is 1. The lowest BCUT2D eigenvalue weighted by atomic mass is 9.88. The van der Waals surface area contributed by atoms with E-state index >= 15 is 0 Å². The largest absolute Gasteiger partial charge is 0.508 e. The predicted octanol–water partition coefficient (Wildman–Crippen LogP) is 4.67. The molecule has 2 N–H and O–H groups in total. The van der Waals surface area contributed by atoms with E-state index in [2.05, 4.69) is 58.7 Å². The Morgan fingerprint density at radius 1 is 1.23 bits per heavy atom. The molecule has 1 unspecified atom stereocenters. The number of hydrogen-bond acceptors (Lipinski definition) is 5. The molecular formula is C25H33N5O. The number of nitrogens with one attached hydrogen (secondary N) is 1. The monoisotopic (exact) mass is 419 g/mol. The number of rotatable bonds is 9. The first-order chi connectivity index (χ1) is 15.1. The van der Waals surface area contributed by atoms with E-state index in [1.54, 1.807) is 6.07 Å². The van der Waals surface area contributed by atoms with E-state index in [9.17, 15) is 5.11 Å². The second kappa shape index (κ2) is 9.62. The minimum absolute atomic E-state index is 0.159. The Hall–Kier alpha value is -2.70. The number of aliphatic imine (C=N–C) groups is 1. The van der Waals surface area contributed by atoms with Gasteiger partial charge < -0.3 is 19.9 Å². The maximum atomic E-state index is 9.74. The smallest absolute Gasteiger partial charge is 0.115 e. The molecule has 0 radical (unpaired) electrons. The highest BCUT2D eigenvalue weighted by Crippen LogP contribution is 2.27. The van der Waals surface area contributed by atoms with Gasteiger partial charge in [-0.2, -0.15) is 0 Å². The van der Waals surface area contributed by atoms with E-state index in [0.717, 1.165) is 61.3 Å². The molecule has 4 rings (SSSR count). The topological polar surface area (TPSA) is 65.7 Å². The van der Waals surface area contributed by atoms with Crippen molar-refractivity contribution in [1.29, 1.82) is 0 Å². The summed E-state index contributed by atoms with van der Waals surface area (Å²) < 4.78 is 2.23. The number of fused-ring (bicyclic) bond motifs is 1. The lowest BCUT2D eigenvalue weighted by molar-refractivity contribution is 0.292. The van der Waals surface area contributed by atoms with Crippen molar-refractivity contribution in [2.75, 3.05) is 19.6 Å². The molecule has 0 amide bonds. The van der Waals surface area contributed by atoms with E-state index in [-0.39, 0.29) is 12.1 Å². The van der Waals surface area contributed by atoms with Crippen LogP contribution in [-0.4, -0.2) is 50.9 Å². The molecule has 31 heavy (non-hydrogen) atoms. The summed E-state index contributed by atoms with van der Waals surface area (Å²) in [4.78, 5) is 11.9. The second-order valence-corrected chi connectivity index (χ2v) is 8.32. The van der Waals surface area contributed by atoms with Gasteiger partial charge >= 0.3 is 0 Å². The Bertz CT molecular complexity index is 1050. The number of aromatic hydroxyl groups is 1. The number of imidazole rings is 1. The number of aromatic nitrogens is 2. The third-order valence-corrected chi connectivity index (χ3v) is 6.34. The zero-order valence-corrected chi connectivity index (χ0v) is 18.8. The van der Waals surface area contributed by atoms with Crippen LogP contribution in [0.3, 0.4) is 0 Å². The van der Waals surface area contributed by atoms with Gasteiger partial charge in [-0.25, -0.2) is 4.98 Å². The molecule has 0 aliphatic heterocycles. The maximum Gasteiger partial charge on any atom is 0.115 e. The van der Waals surface area contributed by atoms with Gasteiger partial charge in [-0.3, -0.25) is 4.99 Å². The van der Waals surface area contributed by atoms with Crippen LogP contribution in [0.2, 0.25) is 0 Å². The highest BCUT2D eigenvalue weighted by Gasteiger charge is 2.27. The fraction of sp³-hybridized carbons (Fsp3) is 0.440. The van der Waals surface area contributed by atoms with Gasteiger partial charge in [0.1, 0.15) is 5.75 Å². The Balaban J connectivity index is 1.46. The Kier molecular flexibility index (Phi) is 6.68. The summed E-state index contributed by atoms with van der Waals surface area (Å²) in [6.07, 6.45) is 4.05. The molecule has 1 aromatic heterocycles. The third-order valence-electron chi connectivity index (χ3n) is 6.34. The van der Waals surface area contributed by atoms with Crippen LogP contribution in [0.25, 0.3) is 11.0 Å². The van der Waals surface area contributed by atoms with Gasteiger partial charge in [0, 0.05) is 30.9 Å². The molecule has 0 bridgehead atoms. The first kappa shape index (κ1) is 21.5. The predicted molar refractivity (Wildman–Crippen MR) is 127 cm³/mol. The number of benzene rings is 2. The van der Waals surface area contributed by atoms with E-state index in [4.69, 9.17) is 4.99 Å². The van der Waals surface area contributed by atoms with Gasteiger partial charge in [0.2, 0.25) is 0 Å². The summed E-state index contributed by atoms with van der Waals surface area (Å²) in [6, 6.07) is 14.2. The molecule has 1 aliphatic carbocycles. The number of phenolic OH excluding ortho intramolecular Hbond substituents is 1. The first-order valence-corrected chi connectivity index (χ1v) is 11.4. The fourth-order valence-electron chi connectivity index (χ4n) is 4.17. The minimum Gasteiger partial charge on any atom is -0.508 e. The van der Waals surface area contributed by atoms with Crippen molar-refractivity contribution in [3.8, 4) is 5.75 Å². The molecule has 2 aromatic carbocycles. The van der Waals surface area contributed by atoms with Crippen LogP contribution < -0.4 is 5.32 Å². The lowest BCUT2D eigenvalue weighted by Gasteiger charge is -2.32. The molecule has 1 heterocycles. The van der Waals surface area contributed by atoms with Crippen molar-refractivity contribution in [3.05, 3.63) is 54.4 Å². The van der Waals surface area contributed by atoms with E-state index < -0.39 is 0 Å². The number of nitrogens with zero attached hydrogens (tertiary/aromatic N) is 4. The van der Waals surface area contributed by atoms with Gasteiger partial charge in [-0.15, -0.1) is 0 Å². The SMILES string of the molecule is CCN(CC)CCn1cnc2ccc(N=C3CCC3N[C@H](C)c3cccc(O)c3)cc21. The van der Waals surface area contributed by atoms with E-state index in [1.165, 1.54) is 5.71 Å². The average Bonchev–Trinajstić information content (AvgIpc) is 3.18. The first-order valence-electron chi connectivity index (χ1n) is 11.4. The average molecular weight is 420 g/mol. The van der Waals surface area contributed by atoms with Crippen LogP contribution in [0.4, 0.5) is 5.69 Å². The molecule has 6 heteroatoms. The molecular weight excluding hydrogens is 386 g/mol. The van der Waals surface area contributed by atoms with Crippen LogP contribution in [0.1, 0.15) is 45.2 Å². The molecule has 1 aliphatic rings. The molecule has 0 spiro atoms. The van der Waals surface area contributed by atoms with Gasteiger partial charge in [0.15, 0.2) is 0 Å². The normalized spacial score (nSPS) is 18.6. The van der Waals surface area contributed by atoms with Gasteiger partial charge in [-0.05, 0) is 68.8 Å². The highest BCUT2D eigenvalue weighted by atomic mass is 16.3. The zero-order chi connectivity index (χ0) is 21.8. The van der Waals surface area contributed by atoms with E-state index in [0.29, 0.717) is 5.75 Å². The van der Waals surface area contributed by atoms with Gasteiger partial charge in [-0.1, -0.05) is 26.0 Å². The van der Waals surface area contributed by atoms with Crippen molar-refractivity contribution >= 4 is 22.4 Å². The van der Waals surface area contributed by atoms with Crippen molar-refractivity contribution in [2.45, 2.75) is 52.2 Å². The molecule has 6 nitrogen and oxygen atoms in total. The molecule has 164 valence electrons. The van der Waals surface area contributed by atoms with Crippen molar-refractivity contribution < 1.29 is 5.11 Å². The van der Waals surface area contributed by atoms with Crippen LogP contribution in [0.5, 0.6) is 5.75 Å². The Morgan fingerprint density at radius 3 is 2.77 bits per heavy atom. The number of likely N-dealkylation sites (N-methyl/N-ethyl adjacent to an activating group) is 1. The minimum atomic E-state index is 0.159. The molecule has 3 aromatic rings. The second-order valence-electron chi connectivity index (χ2n) is 8.32. The zero-order valence-electron chi connectivity index (χ0n) is 18.8.